The van der Waals surface area contributed by atoms with Crippen LogP contribution in [0.25, 0.3) is 0 Å². The van der Waals surface area contributed by atoms with Crippen LogP contribution in [0.4, 0.5) is 0 Å². The second-order valence-corrected chi connectivity index (χ2v) is 7.87. The minimum absolute atomic E-state index is 0.0548. The first-order chi connectivity index (χ1) is 13.7. The molecule has 0 bridgehead atoms. The van der Waals surface area contributed by atoms with E-state index in [4.69, 9.17) is 9.47 Å². The van der Waals surface area contributed by atoms with E-state index in [1.54, 1.807) is 24.3 Å². The minimum Gasteiger partial charge on any atom is -0.494 e. The third-order valence-electron chi connectivity index (χ3n) is 3.91. The van der Waals surface area contributed by atoms with Crippen LogP contribution in [0.3, 0.4) is 0 Å². The molecule has 2 aromatic rings. The minimum atomic E-state index is -3.69. The fourth-order valence-electron chi connectivity index (χ4n) is 2.35. The van der Waals surface area contributed by atoms with Crippen LogP contribution in [0, 0.1) is 0 Å². The van der Waals surface area contributed by atoms with Crippen LogP contribution < -0.4 is 25.0 Å². The van der Waals surface area contributed by atoms with Crippen LogP contribution in [-0.2, 0) is 21.9 Å². The summed E-state index contributed by atoms with van der Waals surface area (Å²) in [5.74, 6) is -0.102. The number of aromatic nitrogens is 1. The van der Waals surface area contributed by atoms with Crippen molar-refractivity contribution < 1.29 is 27.5 Å². The van der Waals surface area contributed by atoms with Crippen molar-refractivity contribution >= 4 is 21.8 Å². The average Bonchev–Trinajstić information content (AvgIpc) is 3.10. The van der Waals surface area contributed by atoms with Gasteiger partial charge in [0.15, 0.2) is 6.10 Å². The number of amides is 2. The molecule has 0 aliphatic carbocycles. The maximum atomic E-state index is 12.3. The first kappa shape index (κ1) is 22.2. The molecule has 11 heteroatoms. The number of hydrogen-bond donors (Lipinski definition) is 3. The topological polar surface area (TPSA) is 128 Å². The molecule has 0 radical (unpaired) electrons. The van der Waals surface area contributed by atoms with Crippen molar-refractivity contribution in [3.8, 4) is 11.5 Å². The zero-order valence-electron chi connectivity index (χ0n) is 16.6. The Morgan fingerprint density at radius 2 is 1.76 bits per heavy atom. The summed E-state index contributed by atoms with van der Waals surface area (Å²) in [4.78, 5) is 24.4. The molecule has 3 N–H and O–H groups in total. The Labute approximate surface area is 169 Å². The van der Waals surface area contributed by atoms with Gasteiger partial charge in [-0.3, -0.25) is 20.4 Å². The van der Waals surface area contributed by atoms with Crippen LogP contribution in [-0.4, -0.2) is 44.6 Å². The molecule has 0 spiro atoms. The number of benzene rings is 1. The molecule has 0 saturated carbocycles. The lowest BCUT2D eigenvalue weighted by Crippen LogP contribution is -2.47. The Kier molecular flexibility index (Phi) is 7.23. The molecule has 2 amide bonds. The van der Waals surface area contributed by atoms with Crippen LogP contribution in [0.2, 0.25) is 0 Å². The van der Waals surface area contributed by atoms with E-state index in [1.807, 2.05) is 6.92 Å². The smallest absolute Gasteiger partial charge is 0.286 e. The van der Waals surface area contributed by atoms with E-state index in [-0.39, 0.29) is 10.6 Å². The molecule has 0 fully saturated rings. The van der Waals surface area contributed by atoms with Gasteiger partial charge in [-0.2, -0.15) is 0 Å². The molecule has 0 aliphatic rings. The molecule has 0 aliphatic heterocycles. The Morgan fingerprint density at radius 3 is 2.34 bits per heavy atom. The zero-order chi connectivity index (χ0) is 21.6. The van der Waals surface area contributed by atoms with Gasteiger partial charge in [-0.05, 0) is 51.2 Å². The third-order valence-corrected chi connectivity index (χ3v) is 5.29. The van der Waals surface area contributed by atoms with Gasteiger partial charge >= 0.3 is 0 Å². The third kappa shape index (κ3) is 5.72. The fourth-order valence-corrected chi connectivity index (χ4v) is 3.15. The van der Waals surface area contributed by atoms with E-state index in [2.05, 4.69) is 15.6 Å². The van der Waals surface area contributed by atoms with E-state index >= 15 is 0 Å². The lowest BCUT2D eigenvalue weighted by Gasteiger charge is -2.15. The zero-order valence-corrected chi connectivity index (χ0v) is 17.4. The van der Waals surface area contributed by atoms with E-state index in [1.165, 1.54) is 37.8 Å². The average molecular weight is 424 g/mol. The van der Waals surface area contributed by atoms with E-state index < -0.39 is 27.9 Å². The number of nitrogens with one attached hydrogen (secondary N) is 3. The summed E-state index contributed by atoms with van der Waals surface area (Å²) in [7, 11) is -0.898. The highest BCUT2D eigenvalue weighted by atomic mass is 32.2. The number of carbonyl (C=O) groups is 2. The van der Waals surface area contributed by atoms with Crippen molar-refractivity contribution in [2.24, 2.45) is 7.05 Å². The molecular formula is C18H24N4O6S. The van der Waals surface area contributed by atoms with Crippen molar-refractivity contribution in [3.05, 3.63) is 42.2 Å². The molecule has 1 atom stereocenters. The number of hydrazine groups is 1. The second-order valence-electron chi connectivity index (χ2n) is 5.99. The van der Waals surface area contributed by atoms with Gasteiger partial charge in [-0.1, -0.05) is 0 Å². The van der Waals surface area contributed by atoms with Crippen molar-refractivity contribution in [1.29, 1.82) is 0 Å². The van der Waals surface area contributed by atoms with Gasteiger partial charge in [0.1, 0.15) is 22.1 Å². The lowest BCUT2D eigenvalue weighted by atomic mass is 10.3. The van der Waals surface area contributed by atoms with E-state index in [0.29, 0.717) is 18.1 Å². The van der Waals surface area contributed by atoms with Crippen molar-refractivity contribution in [1.82, 2.24) is 20.1 Å². The number of hydrogen-bond acceptors (Lipinski definition) is 6. The quantitative estimate of drug-likeness (QED) is 0.532. The second kappa shape index (κ2) is 9.43. The summed E-state index contributed by atoms with van der Waals surface area (Å²) in [6, 6.07) is 7.98. The Bertz CT molecular complexity index is 969. The number of carbonyl (C=O) groups excluding carboxylic acids is 2. The summed E-state index contributed by atoms with van der Waals surface area (Å²) >= 11 is 0. The van der Waals surface area contributed by atoms with Crippen LogP contribution in [0.15, 0.2) is 41.4 Å². The Balaban J connectivity index is 1.93. The fraction of sp³-hybridized carbons (Fsp3) is 0.333. The summed E-state index contributed by atoms with van der Waals surface area (Å²) in [5, 5.41) is 0. The number of ether oxygens (including phenoxy) is 2. The maximum absolute atomic E-state index is 12.3. The number of nitrogens with zero attached hydrogens (tertiary/aromatic N) is 1. The van der Waals surface area contributed by atoms with Crippen molar-refractivity contribution in [3.63, 3.8) is 0 Å². The van der Waals surface area contributed by atoms with Crippen molar-refractivity contribution in [2.45, 2.75) is 24.8 Å². The first-order valence-corrected chi connectivity index (χ1v) is 10.3. The SMILES string of the molecule is CCOc1ccc(OC(C)C(=O)NNC(=O)c2cc(S(=O)(=O)NC)cn2C)cc1. The molecule has 1 aromatic heterocycles. The highest BCUT2D eigenvalue weighted by Gasteiger charge is 2.21. The predicted molar refractivity (Wildman–Crippen MR) is 105 cm³/mol. The maximum Gasteiger partial charge on any atom is 0.286 e. The first-order valence-electron chi connectivity index (χ1n) is 8.77. The lowest BCUT2D eigenvalue weighted by molar-refractivity contribution is -0.128. The molecule has 2 rings (SSSR count). The van der Waals surface area contributed by atoms with Gasteiger partial charge < -0.3 is 14.0 Å². The Hall–Kier alpha value is -3.05. The normalized spacial score (nSPS) is 12.1. The van der Waals surface area contributed by atoms with E-state index in [9.17, 15) is 18.0 Å². The summed E-state index contributed by atoms with van der Waals surface area (Å²) < 4.78 is 38.0. The highest BCUT2D eigenvalue weighted by Crippen LogP contribution is 2.18. The summed E-state index contributed by atoms with van der Waals surface area (Å²) in [6.07, 6.45) is 0.405. The molecule has 1 unspecified atom stereocenters. The number of aryl methyl sites for hydroxylation is 1. The summed E-state index contributed by atoms with van der Waals surface area (Å²) in [6.45, 7) is 3.95. The summed E-state index contributed by atoms with van der Waals surface area (Å²) in [5.41, 5.74) is 4.55. The van der Waals surface area contributed by atoms with Gasteiger partial charge in [0.25, 0.3) is 11.8 Å². The highest BCUT2D eigenvalue weighted by molar-refractivity contribution is 7.89. The molecule has 1 heterocycles. The Morgan fingerprint density at radius 1 is 1.14 bits per heavy atom. The van der Waals surface area contributed by atoms with Gasteiger partial charge in [0, 0.05) is 13.2 Å². The van der Waals surface area contributed by atoms with Crippen LogP contribution >= 0.6 is 0 Å². The van der Waals surface area contributed by atoms with Gasteiger partial charge in [-0.25, -0.2) is 13.1 Å². The standard InChI is InChI=1S/C18H24N4O6S/c1-5-27-13-6-8-14(9-7-13)28-12(2)17(23)20-21-18(24)16-10-15(11-22(16)4)29(25,26)19-3/h6-12,19H,5H2,1-4H3,(H,20,23)(H,21,24). The van der Waals surface area contributed by atoms with Gasteiger partial charge in [-0.15, -0.1) is 0 Å². The molecule has 1 aromatic carbocycles. The van der Waals surface area contributed by atoms with Crippen LogP contribution in [0.1, 0.15) is 24.3 Å². The molecule has 29 heavy (non-hydrogen) atoms. The molecule has 0 saturated heterocycles. The van der Waals surface area contributed by atoms with Gasteiger partial charge in [0.05, 0.1) is 6.61 Å². The number of sulfonamides is 1. The largest absolute Gasteiger partial charge is 0.494 e. The molecule has 158 valence electrons. The van der Waals surface area contributed by atoms with Crippen LogP contribution in [0.5, 0.6) is 11.5 Å². The van der Waals surface area contributed by atoms with Gasteiger partial charge in [0.2, 0.25) is 10.0 Å². The molecular weight excluding hydrogens is 400 g/mol. The predicted octanol–water partition coefficient (Wildman–Crippen LogP) is 0.560. The van der Waals surface area contributed by atoms with E-state index in [0.717, 1.165) is 0 Å². The monoisotopic (exact) mass is 424 g/mol. The molecule has 10 nitrogen and oxygen atoms in total. The van der Waals surface area contributed by atoms with Crippen molar-refractivity contribution in [2.75, 3.05) is 13.7 Å². The number of rotatable bonds is 8.